The summed E-state index contributed by atoms with van der Waals surface area (Å²) in [4.78, 5) is 32.9. The zero-order chi connectivity index (χ0) is 19.2. The van der Waals surface area contributed by atoms with Crippen molar-refractivity contribution in [3.63, 3.8) is 0 Å². The van der Waals surface area contributed by atoms with Gasteiger partial charge in [0.1, 0.15) is 19.6 Å². The number of carboxylic acids is 1. The van der Waals surface area contributed by atoms with Gasteiger partial charge in [-0.15, -0.1) is 0 Å². The number of alkyl halides is 4. The van der Waals surface area contributed by atoms with Crippen LogP contribution in [0.25, 0.3) is 0 Å². The van der Waals surface area contributed by atoms with Crippen LogP contribution in [-0.2, 0) is 23.9 Å². The molecule has 0 saturated carbocycles. The largest absolute Gasteiger partial charge is 0.477 e. The van der Waals surface area contributed by atoms with Crippen molar-refractivity contribution in [1.29, 1.82) is 0 Å². The lowest BCUT2D eigenvalue weighted by atomic mass is 9.91. The van der Waals surface area contributed by atoms with Crippen molar-refractivity contribution in [3.8, 4) is 0 Å². The molecule has 24 heavy (non-hydrogen) atoms. The van der Waals surface area contributed by atoms with E-state index >= 15 is 0 Å². The Morgan fingerprint density at radius 3 is 1.96 bits per heavy atom. The summed E-state index contributed by atoms with van der Waals surface area (Å²) >= 11 is 0. The number of carbonyl (C=O) groups excluding carboxylic acids is 2. The minimum absolute atomic E-state index is 0.370. The molecule has 0 atom stereocenters. The van der Waals surface area contributed by atoms with Gasteiger partial charge < -0.3 is 14.6 Å². The summed E-state index contributed by atoms with van der Waals surface area (Å²) in [6.45, 7) is 4.13. The van der Waals surface area contributed by atoms with Crippen LogP contribution in [0.2, 0.25) is 0 Å². The molecule has 0 heterocycles. The highest BCUT2D eigenvalue weighted by molar-refractivity contribution is 5.76. The summed E-state index contributed by atoms with van der Waals surface area (Å²) in [7, 11) is 0. The van der Waals surface area contributed by atoms with Crippen LogP contribution in [0.15, 0.2) is 0 Å². The molecule has 0 spiro atoms. The van der Waals surface area contributed by atoms with Gasteiger partial charge in [-0.25, -0.2) is 13.6 Å². The summed E-state index contributed by atoms with van der Waals surface area (Å²) < 4.78 is 61.1. The topological polar surface area (TPSA) is 89.9 Å². The van der Waals surface area contributed by atoms with Gasteiger partial charge >= 0.3 is 23.8 Å². The second-order valence-electron chi connectivity index (χ2n) is 5.81. The van der Waals surface area contributed by atoms with E-state index in [9.17, 15) is 31.9 Å². The molecule has 0 saturated heterocycles. The molecule has 0 aromatic heterocycles. The number of hydrogen-bond donors (Lipinski definition) is 1. The first-order chi connectivity index (χ1) is 10.7. The van der Waals surface area contributed by atoms with E-state index in [1.54, 1.807) is 20.8 Å². The van der Waals surface area contributed by atoms with Gasteiger partial charge in [0.25, 0.3) is 5.92 Å². The van der Waals surface area contributed by atoms with Gasteiger partial charge in [0.15, 0.2) is 0 Å². The van der Waals surface area contributed by atoms with E-state index in [2.05, 4.69) is 4.74 Å². The van der Waals surface area contributed by atoms with Gasteiger partial charge in [-0.1, -0.05) is 6.92 Å². The van der Waals surface area contributed by atoms with Crippen LogP contribution in [-0.4, -0.2) is 48.1 Å². The lowest BCUT2D eigenvalue weighted by molar-refractivity contribution is -0.182. The normalized spacial score (nSPS) is 12.6. The third-order valence-corrected chi connectivity index (χ3v) is 3.21. The Kier molecular flexibility index (Phi) is 7.65. The number of rotatable bonds is 10. The summed E-state index contributed by atoms with van der Waals surface area (Å²) in [5, 5.41) is 8.10. The van der Waals surface area contributed by atoms with E-state index < -0.39 is 54.6 Å². The van der Waals surface area contributed by atoms with Crippen LogP contribution in [0.5, 0.6) is 0 Å². The highest BCUT2D eigenvalue weighted by atomic mass is 19.3. The highest BCUT2D eigenvalue weighted by Gasteiger charge is 2.50. The smallest absolute Gasteiger partial charge is 0.374 e. The van der Waals surface area contributed by atoms with Crippen molar-refractivity contribution in [3.05, 3.63) is 0 Å². The predicted octanol–water partition coefficient (Wildman–Crippen LogP) is 2.64. The van der Waals surface area contributed by atoms with Crippen molar-refractivity contribution in [2.75, 3.05) is 13.2 Å². The molecule has 0 amide bonds. The zero-order valence-electron chi connectivity index (χ0n) is 13.5. The van der Waals surface area contributed by atoms with Crippen molar-refractivity contribution in [2.45, 2.75) is 51.9 Å². The number of carbonyl (C=O) groups is 3. The summed E-state index contributed by atoms with van der Waals surface area (Å²) in [6, 6.07) is 0. The Labute approximate surface area is 136 Å². The second-order valence-corrected chi connectivity index (χ2v) is 5.81. The molecule has 0 radical (unpaired) electrons. The number of esters is 2. The minimum Gasteiger partial charge on any atom is -0.477 e. The molecule has 0 fully saturated rings. The molecule has 0 aromatic carbocycles. The average molecular weight is 360 g/mol. The van der Waals surface area contributed by atoms with E-state index in [0.717, 1.165) is 0 Å². The quantitative estimate of drug-likeness (QED) is 0.366. The summed E-state index contributed by atoms with van der Waals surface area (Å²) in [5.74, 6) is -13.7. The average Bonchev–Trinajstić information content (AvgIpc) is 2.41. The molecule has 0 rings (SSSR count). The Hall–Kier alpha value is -1.87. The van der Waals surface area contributed by atoms with E-state index in [1.807, 2.05) is 0 Å². The number of halogens is 4. The van der Waals surface area contributed by atoms with Gasteiger partial charge in [-0.3, -0.25) is 9.59 Å². The molecule has 140 valence electrons. The molecule has 1 N–H and O–H groups in total. The monoisotopic (exact) mass is 360 g/mol. The van der Waals surface area contributed by atoms with Gasteiger partial charge in [0, 0.05) is 0 Å². The van der Waals surface area contributed by atoms with Gasteiger partial charge in [0.2, 0.25) is 0 Å². The Morgan fingerprint density at radius 1 is 1.00 bits per heavy atom. The molecule has 6 nitrogen and oxygen atoms in total. The lowest BCUT2D eigenvalue weighted by Crippen LogP contribution is -2.37. The van der Waals surface area contributed by atoms with Gasteiger partial charge in [-0.2, -0.15) is 8.78 Å². The molecular weight excluding hydrogens is 340 g/mol. The zero-order valence-corrected chi connectivity index (χ0v) is 13.5. The maximum absolute atomic E-state index is 13.2. The SMILES string of the molecule is CCC(C)(C)C(=O)OCCOC(=O)CC(F)(F)CC(F)(F)C(=O)O. The fraction of sp³-hybridized carbons (Fsp3) is 0.786. The molecule has 10 heteroatoms. The predicted molar refractivity (Wildman–Crippen MR) is 72.8 cm³/mol. The highest BCUT2D eigenvalue weighted by Crippen LogP contribution is 2.33. The van der Waals surface area contributed by atoms with E-state index in [-0.39, 0.29) is 6.61 Å². The summed E-state index contributed by atoms with van der Waals surface area (Å²) in [6.07, 6.45) is -3.52. The Morgan fingerprint density at radius 2 is 1.50 bits per heavy atom. The van der Waals surface area contributed by atoms with Crippen molar-refractivity contribution in [1.82, 2.24) is 0 Å². The molecular formula is C14H20F4O6. The van der Waals surface area contributed by atoms with Crippen LogP contribution in [0.1, 0.15) is 40.0 Å². The van der Waals surface area contributed by atoms with E-state index in [4.69, 9.17) is 9.84 Å². The van der Waals surface area contributed by atoms with Crippen LogP contribution in [0.4, 0.5) is 17.6 Å². The van der Waals surface area contributed by atoms with Crippen LogP contribution < -0.4 is 0 Å². The third-order valence-electron chi connectivity index (χ3n) is 3.21. The Balaban J connectivity index is 4.27. The number of ether oxygens (including phenoxy) is 2. The molecule has 0 unspecified atom stereocenters. The van der Waals surface area contributed by atoms with Crippen LogP contribution >= 0.6 is 0 Å². The maximum atomic E-state index is 13.2. The van der Waals surface area contributed by atoms with Gasteiger partial charge in [-0.05, 0) is 20.3 Å². The maximum Gasteiger partial charge on any atom is 0.374 e. The van der Waals surface area contributed by atoms with Crippen LogP contribution in [0.3, 0.4) is 0 Å². The standard InChI is InChI=1S/C14H20F4O6/c1-4-12(2,3)11(22)24-6-5-23-9(19)7-13(15,16)8-14(17,18)10(20)21/h4-8H2,1-3H3,(H,20,21). The first kappa shape index (κ1) is 22.1. The number of carboxylic acid groups (broad SMARTS) is 1. The third kappa shape index (κ3) is 7.60. The van der Waals surface area contributed by atoms with Crippen molar-refractivity contribution in [2.24, 2.45) is 5.41 Å². The number of hydrogen-bond acceptors (Lipinski definition) is 5. The van der Waals surface area contributed by atoms with E-state index in [0.29, 0.717) is 6.42 Å². The molecule has 0 aliphatic heterocycles. The fourth-order valence-electron chi connectivity index (χ4n) is 1.35. The van der Waals surface area contributed by atoms with Crippen LogP contribution in [0, 0.1) is 5.41 Å². The second kappa shape index (κ2) is 8.29. The molecule has 0 aliphatic carbocycles. The minimum atomic E-state index is -4.66. The number of aliphatic carboxylic acids is 1. The van der Waals surface area contributed by atoms with Crippen molar-refractivity contribution >= 4 is 17.9 Å². The fourth-order valence-corrected chi connectivity index (χ4v) is 1.35. The first-order valence-corrected chi connectivity index (χ1v) is 7.05. The molecule has 0 bridgehead atoms. The Bertz CT molecular complexity index is 476. The lowest BCUT2D eigenvalue weighted by Gasteiger charge is -2.21. The first-order valence-electron chi connectivity index (χ1n) is 7.05. The van der Waals surface area contributed by atoms with Gasteiger partial charge in [0.05, 0.1) is 11.8 Å². The molecule has 0 aromatic rings. The van der Waals surface area contributed by atoms with E-state index in [1.165, 1.54) is 0 Å². The molecule has 0 aliphatic rings. The van der Waals surface area contributed by atoms with Crippen molar-refractivity contribution < 1.29 is 46.5 Å². The summed E-state index contributed by atoms with van der Waals surface area (Å²) in [5.41, 5.74) is -0.751.